The van der Waals surface area contributed by atoms with Crippen molar-refractivity contribution in [3.63, 3.8) is 0 Å². The highest BCUT2D eigenvalue weighted by Crippen LogP contribution is 2.28. The Morgan fingerprint density at radius 3 is 1.64 bits per heavy atom. The van der Waals surface area contributed by atoms with E-state index in [2.05, 4.69) is 4.72 Å². The molecule has 0 unspecified atom stereocenters. The predicted octanol–water partition coefficient (Wildman–Crippen LogP) is 3.41. The molecule has 25 heavy (non-hydrogen) atoms. The van der Waals surface area contributed by atoms with Crippen LogP contribution in [0.5, 0.6) is 0 Å². The second-order valence-corrected chi connectivity index (χ2v) is 7.47. The monoisotopic (exact) mass is 352 g/mol. The number of hydrogen-bond acceptors (Lipinski definition) is 3. The zero-order valence-corrected chi connectivity index (χ0v) is 14.4. The molecule has 2 atom stereocenters. The van der Waals surface area contributed by atoms with E-state index < -0.39 is 22.1 Å². The van der Waals surface area contributed by atoms with Crippen molar-refractivity contribution in [3.8, 4) is 0 Å². The Morgan fingerprint density at radius 1 is 0.680 bits per heavy atom. The molecule has 0 heterocycles. The summed E-state index contributed by atoms with van der Waals surface area (Å²) < 4.78 is 28.3. The van der Waals surface area contributed by atoms with Crippen LogP contribution in [0.3, 0.4) is 0 Å². The van der Waals surface area contributed by atoms with Crippen LogP contribution < -0.4 is 10.5 Å². The third kappa shape index (κ3) is 4.14. The fraction of sp³-hybridized carbons (Fsp3) is 0.100. The Hall–Kier alpha value is -2.47. The molecule has 5 heteroatoms. The van der Waals surface area contributed by atoms with Gasteiger partial charge in [0.05, 0.1) is 17.0 Å². The molecule has 0 saturated carbocycles. The van der Waals surface area contributed by atoms with Gasteiger partial charge in [-0.1, -0.05) is 78.9 Å². The molecule has 128 valence electrons. The van der Waals surface area contributed by atoms with Gasteiger partial charge in [-0.25, -0.2) is 13.1 Å². The van der Waals surface area contributed by atoms with Crippen molar-refractivity contribution in [2.75, 3.05) is 0 Å². The SMILES string of the molecule is N[C@H](c1ccccc1)[C@H](NS(=O)(=O)c1ccccc1)c1ccccc1. The van der Waals surface area contributed by atoms with E-state index >= 15 is 0 Å². The summed E-state index contributed by atoms with van der Waals surface area (Å²) in [5.41, 5.74) is 8.12. The van der Waals surface area contributed by atoms with Crippen LogP contribution in [0.15, 0.2) is 95.9 Å². The summed E-state index contributed by atoms with van der Waals surface area (Å²) in [5.74, 6) is 0. The highest BCUT2D eigenvalue weighted by atomic mass is 32.2. The van der Waals surface area contributed by atoms with Gasteiger partial charge < -0.3 is 5.73 Å². The maximum absolute atomic E-state index is 12.8. The van der Waals surface area contributed by atoms with Gasteiger partial charge in [-0.05, 0) is 23.3 Å². The van der Waals surface area contributed by atoms with Crippen LogP contribution in [0.4, 0.5) is 0 Å². The van der Waals surface area contributed by atoms with Crippen LogP contribution in [0, 0.1) is 0 Å². The van der Waals surface area contributed by atoms with Gasteiger partial charge in [-0.15, -0.1) is 0 Å². The fourth-order valence-electron chi connectivity index (χ4n) is 2.71. The number of benzene rings is 3. The molecule has 3 rings (SSSR count). The Morgan fingerprint density at radius 2 is 1.12 bits per heavy atom. The quantitative estimate of drug-likeness (QED) is 0.714. The van der Waals surface area contributed by atoms with Crippen LogP contribution >= 0.6 is 0 Å². The molecule has 4 nitrogen and oxygen atoms in total. The van der Waals surface area contributed by atoms with E-state index in [1.165, 1.54) is 0 Å². The third-order valence-corrected chi connectivity index (χ3v) is 5.49. The lowest BCUT2D eigenvalue weighted by Crippen LogP contribution is -2.36. The maximum Gasteiger partial charge on any atom is 0.241 e. The number of nitrogens with one attached hydrogen (secondary N) is 1. The van der Waals surface area contributed by atoms with E-state index in [9.17, 15) is 8.42 Å². The lowest BCUT2D eigenvalue weighted by molar-refractivity contribution is 0.504. The van der Waals surface area contributed by atoms with Gasteiger partial charge in [0.1, 0.15) is 0 Å². The van der Waals surface area contributed by atoms with Gasteiger partial charge in [0.2, 0.25) is 10.0 Å². The molecule has 0 spiro atoms. The first-order valence-electron chi connectivity index (χ1n) is 8.01. The Balaban J connectivity index is 1.98. The van der Waals surface area contributed by atoms with Gasteiger partial charge in [0, 0.05) is 0 Å². The summed E-state index contributed by atoms with van der Waals surface area (Å²) in [6.07, 6.45) is 0. The molecule has 0 fully saturated rings. The first-order chi connectivity index (χ1) is 12.1. The number of nitrogens with two attached hydrogens (primary N) is 1. The summed E-state index contributed by atoms with van der Waals surface area (Å²) in [6.45, 7) is 0. The summed E-state index contributed by atoms with van der Waals surface area (Å²) in [5, 5.41) is 0. The van der Waals surface area contributed by atoms with Crippen LogP contribution in [0.1, 0.15) is 23.2 Å². The fourth-order valence-corrected chi connectivity index (χ4v) is 3.98. The molecule has 0 aliphatic rings. The zero-order chi connectivity index (χ0) is 17.7. The Kier molecular flexibility index (Phi) is 5.28. The molecule has 0 aliphatic heterocycles. The summed E-state index contributed by atoms with van der Waals surface area (Å²) in [6, 6.07) is 26.1. The third-order valence-electron chi connectivity index (χ3n) is 4.04. The van der Waals surface area contributed by atoms with Crippen molar-refractivity contribution in [2.45, 2.75) is 17.0 Å². The molecule has 3 N–H and O–H groups in total. The average molecular weight is 352 g/mol. The molecule has 3 aromatic carbocycles. The van der Waals surface area contributed by atoms with Gasteiger partial charge in [-0.2, -0.15) is 0 Å². The Labute approximate surface area is 148 Å². The predicted molar refractivity (Wildman–Crippen MR) is 99.3 cm³/mol. The lowest BCUT2D eigenvalue weighted by Gasteiger charge is -2.26. The molecule has 3 aromatic rings. The molecule has 0 aromatic heterocycles. The second kappa shape index (κ2) is 7.61. The maximum atomic E-state index is 12.8. The van der Waals surface area contributed by atoms with E-state index in [1.54, 1.807) is 30.3 Å². The van der Waals surface area contributed by atoms with E-state index in [-0.39, 0.29) is 4.90 Å². The molecular formula is C20H20N2O2S. The van der Waals surface area contributed by atoms with Crippen LogP contribution in [0.2, 0.25) is 0 Å². The first kappa shape index (κ1) is 17.4. The van der Waals surface area contributed by atoms with Crippen LogP contribution in [0.25, 0.3) is 0 Å². The number of hydrogen-bond donors (Lipinski definition) is 2. The Bertz CT molecular complexity index is 898. The van der Waals surface area contributed by atoms with Crippen molar-refractivity contribution in [3.05, 3.63) is 102 Å². The smallest absolute Gasteiger partial charge is 0.241 e. The summed E-state index contributed by atoms with van der Waals surface area (Å²) in [4.78, 5) is 0.219. The molecule has 0 saturated heterocycles. The molecule has 0 aliphatic carbocycles. The minimum atomic E-state index is -3.69. The van der Waals surface area contributed by atoms with Gasteiger partial charge in [0.15, 0.2) is 0 Å². The van der Waals surface area contributed by atoms with Crippen molar-refractivity contribution in [1.29, 1.82) is 0 Å². The minimum Gasteiger partial charge on any atom is -0.322 e. The van der Waals surface area contributed by atoms with Crippen LogP contribution in [-0.2, 0) is 10.0 Å². The number of sulfonamides is 1. The lowest BCUT2D eigenvalue weighted by atomic mass is 9.95. The van der Waals surface area contributed by atoms with Crippen molar-refractivity contribution >= 4 is 10.0 Å². The normalized spacial score (nSPS) is 14.0. The van der Waals surface area contributed by atoms with E-state index in [0.717, 1.165) is 11.1 Å². The standard InChI is InChI=1S/C20H20N2O2S/c21-19(16-10-4-1-5-11-16)20(17-12-6-2-7-13-17)22-25(23,24)18-14-8-3-9-15-18/h1-15,19-20,22H,21H2/t19-,20-/m1/s1. The zero-order valence-electron chi connectivity index (χ0n) is 13.6. The second-order valence-electron chi connectivity index (χ2n) is 5.76. The van der Waals surface area contributed by atoms with Gasteiger partial charge in [0.25, 0.3) is 0 Å². The average Bonchev–Trinajstić information content (AvgIpc) is 2.68. The van der Waals surface area contributed by atoms with E-state index in [0.29, 0.717) is 0 Å². The van der Waals surface area contributed by atoms with E-state index in [1.807, 2.05) is 60.7 Å². The first-order valence-corrected chi connectivity index (χ1v) is 9.49. The summed E-state index contributed by atoms with van der Waals surface area (Å²) >= 11 is 0. The van der Waals surface area contributed by atoms with Crippen LogP contribution in [-0.4, -0.2) is 8.42 Å². The molecular weight excluding hydrogens is 332 g/mol. The summed E-state index contributed by atoms with van der Waals surface area (Å²) in [7, 11) is -3.69. The van der Waals surface area contributed by atoms with Crippen molar-refractivity contribution in [2.24, 2.45) is 5.73 Å². The highest BCUT2D eigenvalue weighted by Gasteiger charge is 2.27. The largest absolute Gasteiger partial charge is 0.322 e. The van der Waals surface area contributed by atoms with E-state index in [4.69, 9.17) is 5.73 Å². The molecule has 0 radical (unpaired) electrons. The number of rotatable bonds is 6. The topological polar surface area (TPSA) is 72.2 Å². The molecule has 0 amide bonds. The van der Waals surface area contributed by atoms with Crippen molar-refractivity contribution in [1.82, 2.24) is 4.72 Å². The van der Waals surface area contributed by atoms with Crippen molar-refractivity contribution < 1.29 is 8.42 Å². The minimum absolute atomic E-state index is 0.219. The molecule has 0 bridgehead atoms. The van der Waals surface area contributed by atoms with Gasteiger partial charge in [-0.3, -0.25) is 0 Å². The highest BCUT2D eigenvalue weighted by molar-refractivity contribution is 7.89. The van der Waals surface area contributed by atoms with Gasteiger partial charge >= 0.3 is 0 Å².